The van der Waals surface area contributed by atoms with Crippen LogP contribution in [0, 0.1) is 5.41 Å². The van der Waals surface area contributed by atoms with Gasteiger partial charge in [0.15, 0.2) is 0 Å². The molecule has 0 radical (unpaired) electrons. The summed E-state index contributed by atoms with van der Waals surface area (Å²) in [6.45, 7) is 3.90. The molecule has 0 aromatic carbocycles. The van der Waals surface area contributed by atoms with Crippen molar-refractivity contribution in [3.05, 3.63) is 18.5 Å². The molecule has 3 aliphatic rings. The second-order valence-electron chi connectivity index (χ2n) is 8.01. The number of halogens is 3. The lowest BCUT2D eigenvalue weighted by atomic mass is 9.81. The molecule has 13 heteroatoms. The molecule has 0 bridgehead atoms. The third-order valence-corrected chi connectivity index (χ3v) is 7.79. The summed E-state index contributed by atoms with van der Waals surface area (Å²) >= 11 is 0. The molecular formula is C18H25F3N4O5S. The smallest absolute Gasteiger partial charge is 0.475 e. The van der Waals surface area contributed by atoms with Crippen LogP contribution in [-0.4, -0.2) is 84.6 Å². The molecule has 1 aromatic rings. The summed E-state index contributed by atoms with van der Waals surface area (Å²) < 4.78 is 64.6. The number of carbonyl (C=O) groups is 1. The van der Waals surface area contributed by atoms with Gasteiger partial charge in [0.25, 0.3) is 0 Å². The van der Waals surface area contributed by atoms with Crippen molar-refractivity contribution in [2.45, 2.75) is 37.1 Å². The Kier molecular flexibility index (Phi) is 7.06. The Balaban J connectivity index is 0.000000339. The van der Waals surface area contributed by atoms with Crippen LogP contribution in [0.3, 0.4) is 0 Å². The van der Waals surface area contributed by atoms with Crippen LogP contribution in [0.1, 0.15) is 25.7 Å². The molecule has 31 heavy (non-hydrogen) atoms. The molecular weight excluding hydrogens is 441 g/mol. The largest absolute Gasteiger partial charge is 0.490 e. The van der Waals surface area contributed by atoms with Crippen LogP contribution in [0.2, 0.25) is 0 Å². The van der Waals surface area contributed by atoms with Crippen LogP contribution in [-0.2, 0) is 19.6 Å². The molecule has 1 unspecified atom stereocenters. The van der Waals surface area contributed by atoms with Gasteiger partial charge in [-0.25, -0.2) is 27.5 Å². The van der Waals surface area contributed by atoms with Gasteiger partial charge >= 0.3 is 12.1 Å². The van der Waals surface area contributed by atoms with Crippen molar-refractivity contribution in [3.8, 4) is 0 Å². The van der Waals surface area contributed by atoms with E-state index in [9.17, 15) is 21.6 Å². The van der Waals surface area contributed by atoms with Crippen molar-refractivity contribution >= 4 is 21.9 Å². The summed E-state index contributed by atoms with van der Waals surface area (Å²) in [7, 11) is -3.13. The van der Waals surface area contributed by atoms with Crippen LogP contribution < -0.4 is 4.90 Å². The Labute approximate surface area is 178 Å². The molecule has 2 aliphatic heterocycles. The number of aromatic nitrogens is 2. The number of sulfonamides is 1. The second kappa shape index (κ2) is 9.25. The van der Waals surface area contributed by atoms with E-state index in [4.69, 9.17) is 14.6 Å². The summed E-state index contributed by atoms with van der Waals surface area (Å²) in [5, 5.41) is 6.98. The minimum Gasteiger partial charge on any atom is -0.475 e. The van der Waals surface area contributed by atoms with E-state index in [1.54, 1.807) is 22.8 Å². The van der Waals surface area contributed by atoms with Gasteiger partial charge in [0, 0.05) is 44.0 Å². The highest BCUT2D eigenvalue weighted by molar-refractivity contribution is 7.90. The minimum absolute atomic E-state index is 0.145. The first-order valence-electron chi connectivity index (χ1n) is 9.92. The molecule has 1 atom stereocenters. The van der Waals surface area contributed by atoms with Gasteiger partial charge in [0.1, 0.15) is 0 Å². The topological polar surface area (TPSA) is 113 Å². The molecule has 1 aromatic heterocycles. The van der Waals surface area contributed by atoms with Gasteiger partial charge in [-0.15, -0.1) is 0 Å². The first-order chi connectivity index (χ1) is 14.5. The summed E-state index contributed by atoms with van der Waals surface area (Å²) in [4.78, 5) is 19.7. The quantitative estimate of drug-likeness (QED) is 0.714. The Bertz CT molecular complexity index is 867. The molecule has 2 saturated heterocycles. The summed E-state index contributed by atoms with van der Waals surface area (Å²) in [5.74, 6) is -2.06. The maximum absolute atomic E-state index is 12.7. The van der Waals surface area contributed by atoms with Crippen LogP contribution >= 0.6 is 0 Å². The van der Waals surface area contributed by atoms with Crippen LogP contribution in [0.25, 0.3) is 0 Å². The average Bonchev–Trinajstić information content (AvgIpc) is 3.57. The summed E-state index contributed by atoms with van der Waals surface area (Å²) in [6, 6.07) is 1.80. The third kappa shape index (κ3) is 6.04. The Morgan fingerprint density at radius 2 is 1.84 bits per heavy atom. The number of hydrogen-bond donors (Lipinski definition) is 1. The molecule has 3 heterocycles. The van der Waals surface area contributed by atoms with Gasteiger partial charge in [0.2, 0.25) is 16.0 Å². The van der Waals surface area contributed by atoms with E-state index in [1.165, 1.54) is 0 Å². The predicted molar refractivity (Wildman–Crippen MR) is 104 cm³/mol. The van der Waals surface area contributed by atoms with E-state index in [1.807, 2.05) is 0 Å². The fourth-order valence-electron chi connectivity index (χ4n) is 3.82. The zero-order chi connectivity index (χ0) is 22.7. The number of piperidine rings is 1. The normalized spacial score (nSPS) is 25.5. The van der Waals surface area contributed by atoms with E-state index >= 15 is 0 Å². The molecule has 1 saturated carbocycles. The van der Waals surface area contributed by atoms with Crippen molar-refractivity contribution in [3.63, 3.8) is 0 Å². The average molecular weight is 466 g/mol. The van der Waals surface area contributed by atoms with Crippen molar-refractivity contribution in [1.29, 1.82) is 0 Å². The molecule has 1 aliphatic carbocycles. The highest BCUT2D eigenvalue weighted by Crippen LogP contribution is 2.38. The molecule has 9 nitrogen and oxygen atoms in total. The van der Waals surface area contributed by atoms with Crippen molar-refractivity contribution in [1.82, 2.24) is 14.3 Å². The lowest BCUT2D eigenvalue weighted by molar-refractivity contribution is -0.192. The highest BCUT2D eigenvalue weighted by Gasteiger charge is 2.47. The van der Waals surface area contributed by atoms with E-state index in [-0.39, 0.29) is 10.7 Å². The fraction of sp³-hybridized carbons (Fsp3) is 0.722. The third-order valence-electron chi connectivity index (χ3n) is 5.45. The number of aliphatic carboxylic acids is 1. The van der Waals surface area contributed by atoms with Gasteiger partial charge in [-0.3, -0.25) is 0 Å². The molecule has 3 fully saturated rings. The van der Waals surface area contributed by atoms with E-state index in [0.29, 0.717) is 32.3 Å². The summed E-state index contributed by atoms with van der Waals surface area (Å²) in [6.07, 6.45) is 1.89. The number of hydrogen-bond acceptors (Lipinski definition) is 7. The number of anilines is 1. The number of alkyl halides is 3. The van der Waals surface area contributed by atoms with E-state index in [0.717, 1.165) is 38.8 Å². The fourth-order valence-corrected chi connectivity index (χ4v) is 5.81. The number of ether oxygens (including phenoxy) is 1. The predicted octanol–water partition coefficient (Wildman–Crippen LogP) is 1.52. The van der Waals surface area contributed by atoms with Gasteiger partial charge in [0.05, 0.1) is 18.5 Å². The Hall–Kier alpha value is -1.99. The maximum atomic E-state index is 12.7. The van der Waals surface area contributed by atoms with Gasteiger partial charge in [-0.1, -0.05) is 0 Å². The number of carboxylic acid groups (broad SMARTS) is 1. The SMILES string of the molecule is O=C(O)C(F)(F)F.O=S(=O)(C1CC1)N1CCCC2(COCCN(c3ncccn3)C2)C1. The summed E-state index contributed by atoms with van der Waals surface area (Å²) in [5.41, 5.74) is -0.171. The minimum atomic E-state index is -5.08. The van der Waals surface area contributed by atoms with Crippen LogP contribution in [0.5, 0.6) is 0 Å². The zero-order valence-corrected chi connectivity index (χ0v) is 17.6. The van der Waals surface area contributed by atoms with E-state index < -0.39 is 22.2 Å². The highest BCUT2D eigenvalue weighted by atomic mass is 32.2. The number of rotatable bonds is 3. The van der Waals surface area contributed by atoms with Gasteiger partial charge in [-0.05, 0) is 31.7 Å². The molecule has 4 rings (SSSR count). The van der Waals surface area contributed by atoms with E-state index in [2.05, 4.69) is 14.9 Å². The zero-order valence-electron chi connectivity index (χ0n) is 16.8. The van der Waals surface area contributed by atoms with Crippen molar-refractivity contribution in [2.24, 2.45) is 5.41 Å². The van der Waals surface area contributed by atoms with Crippen molar-refractivity contribution in [2.75, 3.05) is 44.3 Å². The standard InChI is InChI=1S/C16H24N4O3S.C2HF3O2/c21-24(22,14-3-4-14)20-8-1-5-16(12-20)11-19(9-10-23-13-16)15-17-6-2-7-18-15;3-2(4,5)1(6)7/h2,6-7,14H,1,3-5,8-13H2;(H,6,7). The lowest BCUT2D eigenvalue weighted by Gasteiger charge is -2.43. The molecule has 1 N–H and O–H groups in total. The number of carboxylic acids is 1. The molecule has 174 valence electrons. The van der Waals surface area contributed by atoms with Crippen molar-refractivity contribution < 1.29 is 36.2 Å². The Morgan fingerprint density at radius 1 is 1.19 bits per heavy atom. The molecule has 0 amide bonds. The maximum Gasteiger partial charge on any atom is 0.490 e. The van der Waals surface area contributed by atoms with Crippen LogP contribution in [0.4, 0.5) is 19.1 Å². The first kappa shape index (κ1) is 23.7. The second-order valence-corrected chi connectivity index (χ2v) is 10.2. The molecule has 1 spiro atoms. The van der Waals surface area contributed by atoms with Crippen LogP contribution in [0.15, 0.2) is 18.5 Å². The monoisotopic (exact) mass is 466 g/mol. The lowest BCUT2D eigenvalue weighted by Crippen LogP contribution is -2.53. The Morgan fingerprint density at radius 3 is 2.42 bits per heavy atom. The van der Waals surface area contributed by atoms with Gasteiger partial charge in [-0.2, -0.15) is 13.2 Å². The number of nitrogens with zero attached hydrogens (tertiary/aromatic N) is 4. The van der Waals surface area contributed by atoms with Gasteiger partial charge < -0.3 is 14.7 Å². The first-order valence-corrected chi connectivity index (χ1v) is 11.4.